The highest BCUT2D eigenvalue weighted by Gasteiger charge is 2.15. The van der Waals surface area contributed by atoms with E-state index in [0.717, 1.165) is 22.4 Å². The van der Waals surface area contributed by atoms with Gasteiger partial charge >= 0.3 is 0 Å². The van der Waals surface area contributed by atoms with E-state index in [1.165, 1.54) is 18.4 Å². The van der Waals surface area contributed by atoms with Gasteiger partial charge in [-0.1, -0.05) is 39.8 Å². The minimum absolute atomic E-state index is 0.275. The van der Waals surface area contributed by atoms with Crippen molar-refractivity contribution in [3.63, 3.8) is 0 Å². The molecule has 0 bridgehead atoms. The van der Waals surface area contributed by atoms with Crippen LogP contribution in [0.5, 0.6) is 0 Å². The molecule has 0 aliphatic carbocycles. The van der Waals surface area contributed by atoms with Crippen LogP contribution in [0.2, 0.25) is 0 Å². The fourth-order valence-corrected chi connectivity index (χ4v) is 3.06. The zero-order valence-electron chi connectivity index (χ0n) is 17.2. The topological polar surface area (TPSA) is 58.5 Å². The van der Waals surface area contributed by atoms with Crippen molar-refractivity contribution in [1.29, 1.82) is 0 Å². The number of benzene rings is 2. The number of nitrogens with zero attached hydrogens (tertiary/aromatic N) is 1. The van der Waals surface area contributed by atoms with Crippen molar-refractivity contribution in [2.75, 3.05) is 12.8 Å². The number of halogens is 3. The molecule has 0 atom stereocenters. The standard InChI is InChI=1S/C17H15FN2O2S.2C2H6.F2/c1-23(21,22)15-8-4-12(5-9-15)16-10-19-11-20-17(16)13-2-6-14(18)7-3-13;3*1-2/h2-9,11H,10H2,1H3,(H,19,20);2*1-2H3;. The van der Waals surface area contributed by atoms with Gasteiger partial charge in [0.05, 0.1) is 23.5 Å². The van der Waals surface area contributed by atoms with Gasteiger partial charge in [0.25, 0.3) is 0 Å². The number of rotatable bonds is 3. The van der Waals surface area contributed by atoms with Crippen LogP contribution in [0.3, 0.4) is 0 Å². The van der Waals surface area contributed by atoms with Crippen LogP contribution in [0.4, 0.5) is 13.5 Å². The van der Waals surface area contributed by atoms with Crippen molar-refractivity contribution < 1.29 is 22.0 Å². The molecule has 2 aromatic carbocycles. The molecule has 0 unspecified atom stereocenters. The molecule has 3 rings (SSSR count). The van der Waals surface area contributed by atoms with Crippen LogP contribution >= 0.6 is 0 Å². The first-order valence-electron chi connectivity index (χ1n) is 9.14. The third-order valence-corrected chi connectivity index (χ3v) is 4.74. The Morgan fingerprint density at radius 2 is 1.34 bits per heavy atom. The maximum atomic E-state index is 13.1. The van der Waals surface area contributed by atoms with Gasteiger partial charge in [0.2, 0.25) is 0 Å². The fourth-order valence-electron chi connectivity index (χ4n) is 2.43. The van der Waals surface area contributed by atoms with Gasteiger partial charge in [-0.05, 0) is 47.5 Å². The van der Waals surface area contributed by atoms with E-state index in [0.29, 0.717) is 6.54 Å². The summed E-state index contributed by atoms with van der Waals surface area (Å²) in [7, 11) is -3.22. The Bertz CT molecular complexity index is 893. The maximum Gasteiger partial charge on any atom is 0.175 e. The molecule has 0 saturated carbocycles. The lowest BCUT2D eigenvalue weighted by molar-refractivity contribution is 0.108. The second-order valence-electron chi connectivity index (χ2n) is 5.27. The SMILES string of the molecule is CC.CC.CS(=O)(=O)c1ccc(C2=C(c3ccc(F)cc3)NC=NC2)cc1.FF. The average Bonchev–Trinajstić information content (AvgIpc) is 2.78. The molecular weight excluding hydrogens is 401 g/mol. The first-order chi connectivity index (χ1) is 13.9. The van der Waals surface area contributed by atoms with Crippen LogP contribution in [-0.4, -0.2) is 27.6 Å². The second-order valence-corrected chi connectivity index (χ2v) is 7.29. The highest BCUT2D eigenvalue weighted by Crippen LogP contribution is 2.27. The van der Waals surface area contributed by atoms with Crippen molar-refractivity contribution in [2.24, 2.45) is 4.99 Å². The summed E-state index contributed by atoms with van der Waals surface area (Å²) < 4.78 is 52.2. The molecule has 0 amide bonds. The highest BCUT2D eigenvalue weighted by atomic mass is 32.2. The molecule has 1 aliphatic heterocycles. The van der Waals surface area contributed by atoms with E-state index in [2.05, 4.69) is 10.3 Å². The summed E-state index contributed by atoms with van der Waals surface area (Å²) >= 11 is 0. The average molecular weight is 429 g/mol. The lowest BCUT2D eigenvalue weighted by Crippen LogP contribution is -2.17. The molecule has 0 aromatic heterocycles. The number of hydrogen-bond acceptors (Lipinski definition) is 4. The summed E-state index contributed by atoms with van der Waals surface area (Å²) in [5.41, 5.74) is 3.49. The van der Waals surface area contributed by atoms with E-state index >= 15 is 0 Å². The van der Waals surface area contributed by atoms with Crippen molar-refractivity contribution in [3.05, 3.63) is 65.5 Å². The first kappa shape index (κ1) is 26.4. The van der Waals surface area contributed by atoms with Gasteiger partial charge in [0.1, 0.15) is 5.82 Å². The Hall–Kier alpha value is -2.61. The summed E-state index contributed by atoms with van der Waals surface area (Å²) in [4.78, 5) is 4.49. The van der Waals surface area contributed by atoms with Crippen molar-refractivity contribution >= 4 is 27.4 Å². The second kappa shape index (κ2) is 13.5. The zero-order valence-corrected chi connectivity index (χ0v) is 18.0. The highest BCUT2D eigenvalue weighted by molar-refractivity contribution is 7.90. The molecule has 0 spiro atoms. The molecule has 1 heterocycles. The normalized spacial score (nSPS) is 12.3. The molecular formula is C21H27F3N2O2S. The van der Waals surface area contributed by atoms with E-state index in [-0.39, 0.29) is 10.7 Å². The van der Waals surface area contributed by atoms with Crippen LogP contribution < -0.4 is 5.32 Å². The molecule has 8 heteroatoms. The number of nitrogens with one attached hydrogen (secondary N) is 1. The quantitative estimate of drug-likeness (QED) is 0.690. The van der Waals surface area contributed by atoms with E-state index in [1.807, 2.05) is 27.7 Å². The van der Waals surface area contributed by atoms with Crippen LogP contribution in [0.25, 0.3) is 11.3 Å². The van der Waals surface area contributed by atoms with Gasteiger partial charge in [-0.3, -0.25) is 4.99 Å². The van der Waals surface area contributed by atoms with Gasteiger partial charge < -0.3 is 5.32 Å². The third-order valence-electron chi connectivity index (χ3n) is 3.62. The van der Waals surface area contributed by atoms with E-state index in [4.69, 9.17) is 9.15 Å². The summed E-state index contributed by atoms with van der Waals surface area (Å²) in [6, 6.07) is 12.9. The minimum atomic E-state index is -3.22. The van der Waals surface area contributed by atoms with Gasteiger partial charge in [0, 0.05) is 21.0 Å². The number of aliphatic imine (C=N–C) groups is 1. The predicted molar refractivity (Wildman–Crippen MR) is 114 cm³/mol. The van der Waals surface area contributed by atoms with Crippen LogP contribution in [0, 0.1) is 5.82 Å². The maximum absolute atomic E-state index is 13.1. The zero-order chi connectivity index (χ0) is 22.4. The lowest BCUT2D eigenvalue weighted by Gasteiger charge is -2.18. The van der Waals surface area contributed by atoms with Crippen LogP contribution in [0.1, 0.15) is 38.8 Å². The monoisotopic (exact) mass is 428 g/mol. The van der Waals surface area contributed by atoms with E-state index < -0.39 is 9.84 Å². The molecule has 1 N–H and O–H groups in total. The molecule has 0 radical (unpaired) electrons. The Kier molecular flexibility index (Phi) is 12.3. The largest absolute Gasteiger partial charge is 0.346 e. The molecule has 1 aliphatic rings. The molecule has 0 saturated heterocycles. The van der Waals surface area contributed by atoms with Gasteiger partial charge in [0.15, 0.2) is 9.84 Å². The molecule has 29 heavy (non-hydrogen) atoms. The molecule has 0 fully saturated rings. The fraction of sp³-hybridized carbons (Fsp3) is 0.286. The number of hydrogen-bond donors (Lipinski definition) is 1. The summed E-state index contributed by atoms with van der Waals surface area (Å²) in [6.45, 7) is 8.47. The number of sulfone groups is 1. The summed E-state index contributed by atoms with van der Waals surface area (Å²) in [5, 5.41) is 3.10. The Balaban J connectivity index is 0.00000120. The van der Waals surface area contributed by atoms with Crippen LogP contribution in [0.15, 0.2) is 58.4 Å². The van der Waals surface area contributed by atoms with E-state index in [1.54, 1.807) is 42.7 Å². The van der Waals surface area contributed by atoms with E-state index in [9.17, 15) is 12.8 Å². The third kappa shape index (κ3) is 7.73. The Morgan fingerprint density at radius 1 is 0.862 bits per heavy atom. The molecule has 4 nitrogen and oxygen atoms in total. The van der Waals surface area contributed by atoms with Crippen molar-refractivity contribution in [3.8, 4) is 0 Å². The van der Waals surface area contributed by atoms with Gasteiger partial charge in [-0.15, -0.1) is 0 Å². The van der Waals surface area contributed by atoms with Crippen LogP contribution in [-0.2, 0) is 9.84 Å². The smallest absolute Gasteiger partial charge is 0.175 e. The van der Waals surface area contributed by atoms with Gasteiger partial charge in [-0.25, -0.2) is 12.8 Å². The lowest BCUT2D eigenvalue weighted by atomic mass is 9.98. The van der Waals surface area contributed by atoms with Gasteiger partial charge in [-0.2, -0.15) is 0 Å². The first-order valence-corrected chi connectivity index (χ1v) is 11.0. The predicted octanol–water partition coefficient (Wildman–Crippen LogP) is 5.62. The molecule has 160 valence electrons. The van der Waals surface area contributed by atoms with Crippen molar-refractivity contribution in [2.45, 2.75) is 32.6 Å². The summed E-state index contributed by atoms with van der Waals surface area (Å²) in [5.74, 6) is -0.294. The minimum Gasteiger partial charge on any atom is -0.346 e. The Labute approximate surface area is 171 Å². The van der Waals surface area contributed by atoms with Crippen molar-refractivity contribution in [1.82, 2.24) is 5.32 Å². The summed E-state index contributed by atoms with van der Waals surface area (Å²) in [6.07, 6.45) is 2.78. The Morgan fingerprint density at radius 3 is 1.83 bits per heavy atom. The molecule has 2 aromatic rings.